The molecule has 0 aliphatic heterocycles. The van der Waals surface area contributed by atoms with Gasteiger partial charge in [-0.3, -0.25) is 4.79 Å². The second-order valence-electron chi connectivity index (χ2n) is 5.38. The standard InChI is InChI=1S/C17H19N5O2S2/c1-2-9-24-15-8-4-3-7-14(15)18-16(23)12-26-17-19-20-21-22(17)11-13-6-5-10-25-13/h3-8,10H,2,9,11-12H2,1H3,(H,18,23). The normalized spacial score (nSPS) is 10.7. The maximum Gasteiger partial charge on any atom is 0.234 e. The number of nitrogens with zero attached hydrogens (tertiary/aromatic N) is 4. The van der Waals surface area contributed by atoms with E-state index in [9.17, 15) is 4.79 Å². The maximum absolute atomic E-state index is 12.3. The first-order valence-corrected chi connectivity index (χ1v) is 10.1. The molecule has 0 atom stereocenters. The van der Waals surface area contributed by atoms with E-state index in [0.29, 0.717) is 29.7 Å². The van der Waals surface area contributed by atoms with Crippen molar-refractivity contribution >= 4 is 34.7 Å². The number of carbonyl (C=O) groups is 1. The van der Waals surface area contributed by atoms with Gasteiger partial charge in [-0.2, -0.15) is 0 Å². The van der Waals surface area contributed by atoms with Gasteiger partial charge in [-0.15, -0.1) is 16.4 Å². The van der Waals surface area contributed by atoms with Crippen molar-refractivity contribution in [1.82, 2.24) is 20.2 Å². The molecule has 136 valence electrons. The van der Waals surface area contributed by atoms with Gasteiger partial charge in [-0.25, -0.2) is 4.68 Å². The summed E-state index contributed by atoms with van der Waals surface area (Å²) >= 11 is 2.95. The lowest BCUT2D eigenvalue weighted by Crippen LogP contribution is -2.15. The van der Waals surface area contributed by atoms with E-state index in [-0.39, 0.29) is 11.7 Å². The van der Waals surface area contributed by atoms with Crippen molar-refractivity contribution in [1.29, 1.82) is 0 Å². The monoisotopic (exact) mass is 389 g/mol. The summed E-state index contributed by atoms with van der Waals surface area (Å²) in [7, 11) is 0. The largest absolute Gasteiger partial charge is 0.491 e. The molecule has 1 amide bonds. The number of thioether (sulfide) groups is 1. The third-order valence-corrected chi connectivity index (χ3v) is 5.16. The number of benzene rings is 1. The first-order valence-electron chi connectivity index (χ1n) is 8.19. The summed E-state index contributed by atoms with van der Waals surface area (Å²) in [6, 6.07) is 11.4. The van der Waals surface area contributed by atoms with Crippen LogP contribution in [-0.2, 0) is 11.3 Å². The topological polar surface area (TPSA) is 81.9 Å². The number of hydrogen-bond donors (Lipinski definition) is 1. The molecule has 0 aliphatic rings. The Labute approximate surface area is 159 Å². The summed E-state index contributed by atoms with van der Waals surface area (Å²) < 4.78 is 7.36. The smallest absolute Gasteiger partial charge is 0.234 e. The van der Waals surface area contributed by atoms with Crippen molar-refractivity contribution < 1.29 is 9.53 Å². The molecule has 0 bridgehead atoms. The fraction of sp³-hybridized carbons (Fsp3) is 0.294. The molecule has 2 aromatic heterocycles. The minimum absolute atomic E-state index is 0.131. The quantitative estimate of drug-likeness (QED) is 0.566. The molecule has 0 spiro atoms. The van der Waals surface area contributed by atoms with Crippen LogP contribution < -0.4 is 10.1 Å². The Hall–Kier alpha value is -2.39. The first-order chi connectivity index (χ1) is 12.8. The minimum atomic E-state index is -0.131. The van der Waals surface area contributed by atoms with Crippen LogP contribution in [0.1, 0.15) is 18.2 Å². The summed E-state index contributed by atoms with van der Waals surface area (Å²) in [6.07, 6.45) is 0.908. The number of anilines is 1. The number of nitrogens with one attached hydrogen (secondary N) is 1. The number of ether oxygens (including phenoxy) is 1. The van der Waals surface area contributed by atoms with Crippen LogP contribution in [0.3, 0.4) is 0 Å². The highest BCUT2D eigenvalue weighted by molar-refractivity contribution is 7.99. The van der Waals surface area contributed by atoms with Gasteiger partial charge in [0.05, 0.1) is 24.6 Å². The van der Waals surface area contributed by atoms with Gasteiger partial charge in [0.1, 0.15) is 5.75 Å². The summed E-state index contributed by atoms with van der Waals surface area (Å²) in [5, 5.41) is 17.2. The van der Waals surface area contributed by atoms with E-state index in [4.69, 9.17) is 4.74 Å². The number of aromatic nitrogens is 4. The van der Waals surface area contributed by atoms with E-state index in [1.807, 2.05) is 48.7 Å². The van der Waals surface area contributed by atoms with Crippen molar-refractivity contribution in [2.75, 3.05) is 17.7 Å². The Kier molecular flexibility index (Phi) is 6.62. The Morgan fingerprint density at radius 3 is 3.00 bits per heavy atom. The zero-order valence-electron chi connectivity index (χ0n) is 14.3. The van der Waals surface area contributed by atoms with Crippen molar-refractivity contribution in [2.45, 2.75) is 25.0 Å². The van der Waals surface area contributed by atoms with Crippen LogP contribution in [0.15, 0.2) is 46.9 Å². The highest BCUT2D eigenvalue weighted by atomic mass is 32.2. The predicted molar refractivity (Wildman–Crippen MR) is 103 cm³/mol. The summed E-state index contributed by atoms with van der Waals surface area (Å²) in [5.41, 5.74) is 0.671. The molecular weight excluding hydrogens is 370 g/mol. The number of hydrogen-bond acceptors (Lipinski definition) is 7. The molecule has 26 heavy (non-hydrogen) atoms. The number of rotatable bonds is 9. The van der Waals surface area contributed by atoms with E-state index >= 15 is 0 Å². The zero-order valence-corrected chi connectivity index (χ0v) is 15.9. The molecule has 0 unspecified atom stereocenters. The Balaban J connectivity index is 1.56. The lowest BCUT2D eigenvalue weighted by atomic mass is 10.3. The number of amides is 1. The zero-order chi connectivity index (χ0) is 18.2. The molecule has 2 heterocycles. The molecule has 0 aliphatic carbocycles. The fourth-order valence-electron chi connectivity index (χ4n) is 2.17. The predicted octanol–water partition coefficient (Wildman–Crippen LogP) is 3.30. The van der Waals surface area contributed by atoms with E-state index < -0.39 is 0 Å². The maximum atomic E-state index is 12.3. The molecule has 1 N–H and O–H groups in total. The average molecular weight is 390 g/mol. The first kappa shape index (κ1) is 18.4. The number of para-hydroxylation sites is 2. The van der Waals surface area contributed by atoms with E-state index in [1.165, 1.54) is 11.8 Å². The van der Waals surface area contributed by atoms with E-state index in [1.54, 1.807) is 16.0 Å². The summed E-state index contributed by atoms with van der Waals surface area (Å²) in [5.74, 6) is 0.760. The summed E-state index contributed by atoms with van der Waals surface area (Å²) in [4.78, 5) is 13.5. The Morgan fingerprint density at radius 2 is 2.19 bits per heavy atom. The molecule has 1 aromatic carbocycles. The van der Waals surface area contributed by atoms with Gasteiger partial charge in [-0.05, 0) is 40.4 Å². The lowest BCUT2D eigenvalue weighted by molar-refractivity contribution is -0.113. The van der Waals surface area contributed by atoms with Crippen LogP contribution in [0.5, 0.6) is 5.75 Å². The van der Waals surface area contributed by atoms with Crippen LogP contribution in [0, 0.1) is 0 Å². The third kappa shape index (κ3) is 5.06. The second kappa shape index (κ2) is 9.35. The van der Waals surface area contributed by atoms with Crippen LogP contribution in [0.25, 0.3) is 0 Å². The highest BCUT2D eigenvalue weighted by Gasteiger charge is 2.12. The molecule has 0 fully saturated rings. The van der Waals surface area contributed by atoms with Crippen LogP contribution in [-0.4, -0.2) is 38.5 Å². The van der Waals surface area contributed by atoms with Crippen molar-refractivity contribution in [3.63, 3.8) is 0 Å². The van der Waals surface area contributed by atoms with Gasteiger partial charge in [0, 0.05) is 4.88 Å². The fourth-order valence-corrected chi connectivity index (χ4v) is 3.54. The van der Waals surface area contributed by atoms with Gasteiger partial charge in [0.25, 0.3) is 0 Å². The van der Waals surface area contributed by atoms with Crippen LogP contribution in [0.2, 0.25) is 0 Å². The molecule has 3 rings (SSSR count). The second-order valence-corrected chi connectivity index (χ2v) is 7.35. The van der Waals surface area contributed by atoms with Gasteiger partial charge in [0.2, 0.25) is 11.1 Å². The molecular formula is C17H19N5O2S2. The summed E-state index contributed by atoms with van der Waals surface area (Å²) in [6.45, 7) is 3.25. The minimum Gasteiger partial charge on any atom is -0.491 e. The van der Waals surface area contributed by atoms with E-state index in [0.717, 1.165) is 11.3 Å². The average Bonchev–Trinajstić information content (AvgIpc) is 3.32. The molecule has 3 aromatic rings. The number of carbonyl (C=O) groups excluding carboxylic acids is 1. The van der Waals surface area contributed by atoms with Gasteiger partial charge in [-0.1, -0.05) is 36.9 Å². The highest BCUT2D eigenvalue weighted by Crippen LogP contribution is 2.24. The van der Waals surface area contributed by atoms with Gasteiger partial charge in [0.15, 0.2) is 0 Å². The lowest BCUT2D eigenvalue weighted by Gasteiger charge is -2.11. The van der Waals surface area contributed by atoms with Crippen molar-refractivity contribution in [3.05, 3.63) is 46.7 Å². The molecule has 7 nitrogen and oxygen atoms in total. The van der Waals surface area contributed by atoms with Crippen LogP contribution >= 0.6 is 23.1 Å². The molecule has 9 heteroatoms. The Bertz CT molecular complexity index is 835. The SMILES string of the molecule is CCCOc1ccccc1NC(=O)CSc1nnnn1Cc1cccs1. The molecule has 0 saturated carbocycles. The number of tetrazole rings is 1. The van der Waals surface area contributed by atoms with Gasteiger partial charge < -0.3 is 10.1 Å². The number of thiophene rings is 1. The third-order valence-electron chi connectivity index (χ3n) is 3.34. The molecule has 0 saturated heterocycles. The molecule has 0 radical (unpaired) electrons. The van der Waals surface area contributed by atoms with Crippen molar-refractivity contribution in [2.24, 2.45) is 0 Å². The van der Waals surface area contributed by atoms with E-state index in [2.05, 4.69) is 20.8 Å². The van der Waals surface area contributed by atoms with Crippen molar-refractivity contribution in [3.8, 4) is 5.75 Å². The Morgan fingerprint density at radius 1 is 1.31 bits per heavy atom. The van der Waals surface area contributed by atoms with Crippen LogP contribution in [0.4, 0.5) is 5.69 Å². The van der Waals surface area contributed by atoms with Gasteiger partial charge >= 0.3 is 0 Å².